The van der Waals surface area contributed by atoms with E-state index in [1.54, 1.807) is 13.4 Å². The molecule has 1 aliphatic rings. The maximum absolute atomic E-state index is 5.55. The molecule has 0 spiro atoms. The van der Waals surface area contributed by atoms with E-state index >= 15 is 0 Å². The number of hydrogen-bond acceptors (Lipinski definition) is 4. The molecule has 1 heterocycles. The molecule has 2 rings (SSSR count). The zero-order chi connectivity index (χ0) is 12.3. The van der Waals surface area contributed by atoms with Gasteiger partial charge in [-0.1, -0.05) is 0 Å². The van der Waals surface area contributed by atoms with Gasteiger partial charge in [-0.3, -0.25) is 0 Å². The smallest absolute Gasteiger partial charge is 0.162 e. The lowest BCUT2D eigenvalue weighted by atomic mass is 10.1. The van der Waals surface area contributed by atoms with E-state index in [-0.39, 0.29) is 0 Å². The van der Waals surface area contributed by atoms with Gasteiger partial charge in [0.25, 0.3) is 0 Å². The Hall–Kier alpha value is -1.84. The van der Waals surface area contributed by atoms with E-state index in [1.165, 1.54) is 0 Å². The highest BCUT2D eigenvalue weighted by atomic mass is 16.5. The highest BCUT2D eigenvalue weighted by Crippen LogP contribution is 2.35. The third-order valence-electron chi connectivity index (χ3n) is 2.59. The summed E-state index contributed by atoms with van der Waals surface area (Å²) in [6.45, 7) is 4.56. The minimum Gasteiger partial charge on any atom is -0.493 e. The fraction of sp³-hybridized carbons (Fsp3) is 0.385. The fourth-order valence-electron chi connectivity index (χ4n) is 1.79. The van der Waals surface area contributed by atoms with E-state index in [9.17, 15) is 0 Å². The number of methoxy groups -OCH3 is 1. The molecule has 0 bridgehead atoms. The van der Waals surface area contributed by atoms with Gasteiger partial charge in [-0.25, -0.2) is 9.98 Å². The first-order chi connectivity index (χ1) is 8.24. The number of nitrogens with zero attached hydrogens (tertiary/aromatic N) is 2. The van der Waals surface area contributed by atoms with Crippen molar-refractivity contribution in [3.8, 4) is 11.5 Å². The van der Waals surface area contributed by atoms with Crippen molar-refractivity contribution in [1.82, 2.24) is 0 Å². The van der Waals surface area contributed by atoms with Crippen LogP contribution in [0.2, 0.25) is 0 Å². The van der Waals surface area contributed by atoms with Gasteiger partial charge < -0.3 is 9.47 Å². The van der Waals surface area contributed by atoms with Crippen LogP contribution in [0.4, 0.5) is 5.69 Å². The largest absolute Gasteiger partial charge is 0.493 e. The molecule has 4 nitrogen and oxygen atoms in total. The normalized spacial score (nSPS) is 13.7. The zero-order valence-electron chi connectivity index (χ0n) is 10.4. The third kappa shape index (κ3) is 2.46. The maximum atomic E-state index is 5.55. The summed E-state index contributed by atoms with van der Waals surface area (Å²) in [5, 5.41) is 0. The van der Waals surface area contributed by atoms with E-state index in [1.807, 2.05) is 26.0 Å². The Morgan fingerprint density at radius 1 is 1.29 bits per heavy atom. The Labute approximate surface area is 101 Å². The molecule has 1 aromatic carbocycles. The highest BCUT2D eigenvalue weighted by Gasteiger charge is 2.13. The predicted octanol–water partition coefficient (Wildman–Crippen LogP) is 2.77. The van der Waals surface area contributed by atoms with Gasteiger partial charge in [0.15, 0.2) is 11.5 Å². The van der Waals surface area contributed by atoms with Crippen LogP contribution in [0.1, 0.15) is 19.4 Å². The molecule has 1 aromatic rings. The molecule has 0 atom stereocenters. The van der Waals surface area contributed by atoms with Crippen LogP contribution < -0.4 is 9.47 Å². The lowest BCUT2D eigenvalue weighted by Crippen LogP contribution is -2.00. The van der Waals surface area contributed by atoms with Crippen LogP contribution in [0.25, 0.3) is 0 Å². The lowest BCUT2D eigenvalue weighted by Gasteiger charge is -2.12. The first-order valence-corrected chi connectivity index (χ1v) is 5.64. The number of rotatable bonds is 3. The molecule has 0 fully saturated rings. The minimum atomic E-state index is 0.617. The first kappa shape index (κ1) is 11.6. The van der Waals surface area contributed by atoms with Crippen LogP contribution in [-0.4, -0.2) is 25.8 Å². The van der Waals surface area contributed by atoms with Crippen molar-refractivity contribution in [3.63, 3.8) is 0 Å². The summed E-state index contributed by atoms with van der Waals surface area (Å²) < 4.78 is 10.8. The van der Waals surface area contributed by atoms with Crippen molar-refractivity contribution in [2.45, 2.75) is 20.3 Å². The molecular formula is C13H16N2O2. The fourth-order valence-corrected chi connectivity index (χ4v) is 1.79. The van der Waals surface area contributed by atoms with Gasteiger partial charge in [0.2, 0.25) is 0 Å². The number of hydrogen-bond donors (Lipinski definition) is 0. The Morgan fingerprint density at radius 2 is 2.12 bits per heavy atom. The standard InChI is InChI=1S/C13H16N2O2/c1-4-17-13-6-10-5-9(2)14-8-15-11(10)7-12(13)16-3/h6-8H,4-5H2,1-3H3. The minimum absolute atomic E-state index is 0.617. The SMILES string of the molecule is CCOc1cc2c(cc1OC)N=CN=C(C)C2. The molecule has 4 heteroatoms. The Kier molecular flexibility index (Phi) is 3.42. The van der Waals surface area contributed by atoms with Gasteiger partial charge in [0, 0.05) is 18.2 Å². The highest BCUT2D eigenvalue weighted by molar-refractivity contribution is 5.93. The summed E-state index contributed by atoms with van der Waals surface area (Å²) in [7, 11) is 1.63. The summed E-state index contributed by atoms with van der Waals surface area (Å²) in [4.78, 5) is 8.51. The predicted molar refractivity (Wildman–Crippen MR) is 69.1 cm³/mol. The number of aliphatic imine (C=N–C) groups is 2. The van der Waals surface area contributed by atoms with Gasteiger partial charge in [-0.15, -0.1) is 0 Å². The van der Waals surface area contributed by atoms with Gasteiger partial charge in [0.1, 0.15) is 6.34 Å². The summed E-state index contributed by atoms with van der Waals surface area (Å²) in [5.41, 5.74) is 3.05. The molecule has 0 saturated carbocycles. The maximum Gasteiger partial charge on any atom is 0.162 e. The van der Waals surface area contributed by atoms with Crippen LogP contribution >= 0.6 is 0 Å². The molecule has 90 valence electrons. The van der Waals surface area contributed by atoms with Crippen LogP contribution in [-0.2, 0) is 6.42 Å². The Balaban J connectivity index is 2.46. The average Bonchev–Trinajstić information content (AvgIpc) is 2.49. The van der Waals surface area contributed by atoms with Gasteiger partial charge in [0.05, 0.1) is 19.4 Å². The summed E-state index contributed by atoms with van der Waals surface area (Å²) in [6.07, 6.45) is 2.38. The molecule has 1 aliphatic heterocycles. The lowest BCUT2D eigenvalue weighted by molar-refractivity contribution is 0.311. The molecule has 0 radical (unpaired) electrons. The van der Waals surface area contributed by atoms with E-state index in [0.717, 1.165) is 29.1 Å². The molecule has 0 N–H and O–H groups in total. The molecule has 0 aromatic heterocycles. The second-order valence-corrected chi connectivity index (χ2v) is 3.85. The van der Waals surface area contributed by atoms with E-state index in [0.29, 0.717) is 12.4 Å². The molecule has 0 saturated heterocycles. The molecular weight excluding hydrogens is 216 g/mol. The summed E-state index contributed by atoms with van der Waals surface area (Å²) in [5.74, 6) is 1.47. The van der Waals surface area contributed by atoms with Gasteiger partial charge in [-0.2, -0.15) is 0 Å². The van der Waals surface area contributed by atoms with Gasteiger partial charge in [-0.05, 0) is 25.5 Å². The molecule has 0 aliphatic carbocycles. The number of fused-ring (bicyclic) bond motifs is 1. The van der Waals surface area contributed by atoms with E-state index in [2.05, 4.69) is 9.98 Å². The van der Waals surface area contributed by atoms with Crippen LogP contribution in [0, 0.1) is 0 Å². The third-order valence-corrected chi connectivity index (χ3v) is 2.59. The van der Waals surface area contributed by atoms with Crippen molar-refractivity contribution in [3.05, 3.63) is 17.7 Å². The van der Waals surface area contributed by atoms with E-state index < -0.39 is 0 Å². The van der Waals surface area contributed by atoms with Gasteiger partial charge >= 0.3 is 0 Å². The summed E-state index contributed by atoms with van der Waals surface area (Å²) in [6, 6.07) is 3.88. The number of ether oxygens (including phenoxy) is 2. The van der Waals surface area contributed by atoms with Crippen LogP contribution in [0.5, 0.6) is 11.5 Å². The van der Waals surface area contributed by atoms with Crippen molar-refractivity contribution in [2.75, 3.05) is 13.7 Å². The Bertz CT molecular complexity index is 479. The van der Waals surface area contributed by atoms with Crippen molar-refractivity contribution >= 4 is 17.7 Å². The first-order valence-electron chi connectivity index (χ1n) is 5.64. The summed E-state index contributed by atoms with van der Waals surface area (Å²) >= 11 is 0. The van der Waals surface area contributed by atoms with Crippen molar-refractivity contribution in [1.29, 1.82) is 0 Å². The number of benzene rings is 1. The average molecular weight is 232 g/mol. The van der Waals surface area contributed by atoms with Crippen molar-refractivity contribution in [2.24, 2.45) is 9.98 Å². The topological polar surface area (TPSA) is 43.2 Å². The quantitative estimate of drug-likeness (QED) is 0.804. The Morgan fingerprint density at radius 3 is 2.82 bits per heavy atom. The van der Waals surface area contributed by atoms with Crippen LogP contribution in [0.3, 0.4) is 0 Å². The van der Waals surface area contributed by atoms with Crippen molar-refractivity contribution < 1.29 is 9.47 Å². The molecule has 17 heavy (non-hydrogen) atoms. The monoisotopic (exact) mass is 232 g/mol. The molecule has 0 amide bonds. The zero-order valence-corrected chi connectivity index (χ0v) is 10.4. The van der Waals surface area contributed by atoms with Crippen LogP contribution in [0.15, 0.2) is 22.1 Å². The second-order valence-electron chi connectivity index (χ2n) is 3.85. The molecule has 0 unspecified atom stereocenters. The second kappa shape index (κ2) is 4.99. The van der Waals surface area contributed by atoms with E-state index in [4.69, 9.17) is 9.47 Å².